The predicted molar refractivity (Wildman–Crippen MR) is 68.5 cm³/mol. The highest BCUT2D eigenvalue weighted by molar-refractivity contribution is 5.95. The van der Waals surface area contributed by atoms with Crippen molar-refractivity contribution in [2.75, 3.05) is 11.9 Å². The number of carbonyl (C=O) groups is 1. The van der Waals surface area contributed by atoms with Crippen molar-refractivity contribution in [1.29, 1.82) is 0 Å². The maximum absolute atomic E-state index is 12.0. The number of carbonyl (C=O) groups excluding carboxylic acids is 1. The third kappa shape index (κ3) is 2.09. The molecule has 0 fully saturated rings. The number of anilines is 1. The van der Waals surface area contributed by atoms with Crippen LogP contribution in [0.2, 0.25) is 0 Å². The molecule has 4 nitrogen and oxygen atoms in total. The maximum atomic E-state index is 12.0. The zero-order chi connectivity index (χ0) is 12.4. The van der Waals surface area contributed by atoms with Gasteiger partial charge in [-0.1, -0.05) is 6.07 Å². The Morgan fingerprint density at radius 3 is 3.17 bits per heavy atom. The van der Waals surface area contributed by atoms with Crippen molar-refractivity contribution in [2.45, 2.75) is 13.0 Å². The van der Waals surface area contributed by atoms with Crippen molar-refractivity contribution in [2.24, 2.45) is 0 Å². The van der Waals surface area contributed by atoms with Crippen molar-refractivity contribution >= 4 is 11.6 Å². The number of amides is 1. The van der Waals surface area contributed by atoms with Crippen LogP contribution in [0.1, 0.15) is 21.7 Å². The first-order valence-electron chi connectivity index (χ1n) is 6.00. The van der Waals surface area contributed by atoms with Gasteiger partial charge in [0.2, 0.25) is 0 Å². The summed E-state index contributed by atoms with van der Waals surface area (Å²) in [5, 5.41) is 6.10. The molecule has 1 aromatic heterocycles. The third-order valence-electron chi connectivity index (χ3n) is 3.09. The van der Waals surface area contributed by atoms with E-state index >= 15 is 0 Å². The first-order valence-corrected chi connectivity index (χ1v) is 6.00. The molecule has 1 aliphatic heterocycles. The van der Waals surface area contributed by atoms with E-state index in [0.717, 1.165) is 24.4 Å². The largest absolute Gasteiger partial charge is 0.467 e. The molecule has 2 heterocycles. The molecule has 1 amide bonds. The van der Waals surface area contributed by atoms with Crippen LogP contribution in [0.15, 0.2) is 41.0 Å². The Kier molecular flexibility index (Phi) is 2.76. The van der Waals surface area contributed by atoms with Crippen LogP contribution in [0.3, 0.4) is 0 Å². The number of benzene rings is 1. The van der Waals surface area contributed by atoms with E-state index in [4.69, 9.17) is 4.42 Å². The predicted octanol–water partition coefficient (Wildman–Crippen LogP) is 2.18. The van der Waals surface area contributed by atoms with Gasteiger partial charge in [-0.05, 0) is 36.2 Å². The Labute approximate surface area is 105 Å². The molecule has 0 atom stereocenters. The van der Waals surface area contributed by atoms with Crippen molar-refractivity contribution in [1.82, 2.24) is 5.32 Å². The highest BCUT2D eigenvalue weighted by Gasteiger charge is 2.13. The summed E-state index contributed by atoms with van der Waals surface area (Å²) in [4.78, 5) is 12.0. The van der Waals surface area contributed by atoms with E-state index < -0.39 is 0 Å². The summed E-state index contributed by atoms with van der Waals surface area (Å²) in [6, 6.07) is 9.42. The quantitative estimate of drug-likeness (QED) is 0.867. The smallest absolute Gasteiger partial charge is 0.251 e. The Morgan fingerprint density at radius 2 is 2.33 bits per heavy atom. The van der Waals surface area contributed by atoms with Crippen LogP contribution in [0, 0.1) is 0 Å². The second-order valence-corrected chi connectivity index (χ2v) is 4.31. The molecule has 0 saturated carbocycles. The van der Waals surface area contributed by atoms with Crippen LogP contribution >= 0.6 is 0 Å². The van der Waals surface area contributed by atoms with Crippen LogP contribution in [0.5, 0.6) is 0 Å². The number of furan rings is 1. The van der Waals surface area contributed by atoms with Gasteiger partial charge in [-0.15, -0.1) is 0 Å². The number of hydrogen-bond acceptors (Lipinski definition) is 3. The lowest BCUT2D eigenvalue weighted by molar-refractivity contribution is 0.0948. The molecule has 0 unspecified atom stereocenters. The number of rotatable bonds is 3. The summed E-state index contributed by atoms with van der Waals surface area (Å²) in [5.74, 6) is 0.672. The average Bonchev–Trinajstić information content (AvgIpc) is 3.05. The zero-order valence-corrected chi connectivity index (χ0v) is 9.90. The van der Waals surface area contributed by atoms with Crippen LogP contribution in [0.4, 0.5) is 5.69 Å². The molecular formula is C14H14N2O2. The minimum Gasteiger partial charge on any atom is -0.467 e. The highest BCUT2D eigenvalue weighted by Crippen LogP contribution is 2.23. The van der Waals surface area contributed by atoms with Crippen LogP contribution < -0.4 is 10.6 Å². The molecule has 92 valence electrons. The number of fused-ring (bicyclic) bond motifs is 1. The molecule has 0 spiro atoms. The monoisotopic (exact) mass is 242 g/mol. The van der Waals surface area contributed by atoms with Gasteiger partial charge in [-0.25, -0.2) is 0 Å². The molecule has 4 heteroatoms. The first-order chi connectivity index (χ1) is 8.83. The van der Waals surface area contributed by atoms with Gasteiger partial charge < -0.3 is 15.1 Å². The van der Waals surface area contributed by atoms with Crippen molar-refractivity contribution < 1.29 is 9.21 Å². The van der Waals surface area contributed by atoms with E-state index in [2.05, 4.69) is 10.6 Å². The van der Waals surface area contributed by atoms with Gasteiger partial charge in [0.25, 0.3) is 5.91 Å². The van der Waals surface area contributed by atoms with Crippen molar-refractivity contribution in [3.63, 3.8) is 0 Å². The van der Waals surface area contributed by atoms with Crippen molar-refractivity contribution in [3.05, 3.63) is 53.5 Å². The molecule has 18 heavy (non-hydrogen) atoms. The summed E-state index contributed by atoms with van der Waals surface area (Å²) < 4.78 is 5.17. The van der Waals surface area contributed by atoms with E-state index in [1.165, 1.54) is 5.56 Å². The topological polar surface area (TPSA) is 54.3 Å². The molecule has 2 aromatic rings. The van der Waals surface area contributed by atoms with Gasteiger partial charge in [-0.2, -0.15) is 0 Å². The first kappa shape index (κ1) is 10.9. The van der Waals surface area contributed by atoms with E-state index in [-0.39, 0.29) is 5.91 Å². The van der Waals surface area contributed by atoms with E-state index in [9.17, 15) is 4.79 Å². The highest BCUT2D eigenvalue weighted by atomic mass is 16.3. The van der Waals surface area contributed by atoms with Crippen LogP contribution in [-0.4, -0.2) is 12.5 Å². The minimum atomic E-state index is -0.0806. The summed E-state index contributed by atoms with van der Waals surface area (Å²) in [6.07, 6.45) is 2.63. The average molecular weight is 242 g/mol. The second kappa shape index (κ2) is 4.56. The maximum Gasteiger partial charge on any atom is 0.251 e. The molecule has 2 N–H and O–H groups in total. The standard InChI is InChI=1S/C14H14N2O2/c17-14(16-9-12-2-1-7-18-12)11-4-3-10-5-6-15-13(10)8-11/h1-4,7-8,15H,5-6,9H2,(H,16,17). The van der Waals surface area contributed by atoms with Gasteiger partial charge in [0.15, 0.2) is 0 Å². The Hall–Kier alpha value is -2.23. The molecular weight excluding hydrogens is 228 g/mol. The van der Waals surface area contributed by atoms with Gasteiger partial charge in [0.1, 0.15) is 5.76 Å². The summed E-state index contributed by atoms with van der Waals surface area (Å²) in [7, 11) is 0. The fraction of sp³-hybridized carbons (Fsp3) is 0.214. The number of nitrogens with one attached hydrogen (secondary N) is 2. The second-order valence-electron chi connectivity index (χ2n) is 4.31. The SMILES string of the molecule is O=C(NCc1ccco1)c1ccc2c(c1)NCC2. The van der Waals surface area contributed by atoms with E-state index in [0.29, 0.717) is 12.1 Å². The van der Waals surface area contributed by atoms with Gasteiger partial charge >= 0.3 is 0 Å². The van der Waals surface area contributed by atoms with Gasteiger partial charge in [-0.3, -0.25) is 4.79 Å². The van der Waals surface area contributed by atoms with Crippen molar-refractivity contribution in [3.8, 4) is 0 Å². The Bertz CT molecular complexity index is 561. The van der Waals surface area contributed by atoms with E-state index in [1.807, 2.05) is 24.3 Å². The molecule has 0 saturated heterocycles. The zero-order valence-electron chi connectivity index (χ0n) is 9.90. The number of hydrogen-bond donors (Lipinski definition) is 2. The lowest BCUT2D eigenvalue weighted by atomic mass is 10.1. The molecule has 1 aliphatic rings. The van der Waals surface area contributed by atoms with Crippen LogP contribution in [-0.2, 0) is 13.0 Å². The Balaban J connectivity index is 1.69. The fourth-order valence-electron chi connectivity index (χ4n) is 2.11. The van der Waals surface area contributed by atoms with Gasteiger partial charge in [0, 0.05) is 17.8 Å². The summed E-state index contributed by atoms with van der Waals surface area (Å²) in [6.45, 7) is 1.36. The summed E-state index contributed by atoms with van der Waals surface area (Å²) >= 11 is 0. The molecule has 1 aromatic carbocycles. The third-order valence-corrected chi connectivity index (χ3v) is 3.09. The minimum absolute atomic E-state index is 0.0806. The van der Waals surface area contributed by atoms with Crippen LogP contribution in [0.25, 0.3) is 0 Å². The summed E-state index contributed by atoms with van der Waals surface area (Å²) in [5.41, 5.74) is 3.02. The lowest BCUT2D eigenvalue weighted by Crippen LogP contribution is -2.22. The Morgan fingerprint density at radius 1 is 1.39 bits per heavy atom. The molecule has 3 rings (SSSR count). The van der Waals surface area contributed by atoms with E-state index in [1.54, 1.807) is 12.3 Å². The fourth-order valence-corrected chi connectivity index (χ4v) is 2.11. The molecule has 0 bridgehead atoms. The van der Waals surface area contributed by atoms with Gasteiger partial charge in [0.05, 0.1) is 12.8 Å². The molecule has 0 aliphatic carbocycles. The lowest BCUT2D eigenvalue weighted by Gasteiger charge is -2.06. The normalized spacial score (nSPS) is 12.9. The molecule has 0 radical (unpaired) electrons.